The first-order chi connectivity index (χ1) is 9.04. The highest BCUT2D eigenvalue weighted by molar-refractivity contribution is 7.89. The van der Waals surface area contributed by atoms with Crippen LogP contribution in [0.5, 0.6) is 5.75 Å². The van der Waals surface area contributed by atoms with Crippen LogP contribution in [-0.2, 0) is 14.8 Å². The Morgan fingerprint density at radius 2 is 2.32 bits per heavy atom. The van der Waals surface area contributed by atoms with E-state index in [0.29, 0.717) is 25.4 Å². The average molecular weight is 286 g/mol. The van der Waals surface area contributed by atoms with Crippen LogP contribution < -0.4 is 15.2 Å². The van der Waals surface area contributed by atoms with E-state index < -0.39 is 10.0 Å². The molecular weight excluding hydrogens is 268 g/mol. The lowest BCUT2D eigenvalue weighted by Crippen LogP contribution is -2.28. The van der Waals surface area contributed by atoms with E-state index in [1.54, 1.807) is 12.1 Å². The molecule has 0 saturated carbocycles. The Balaban J connectivity index is 2.23. The number of methoxy groups -OCH3 is 1. The summed E-state index contributed by atoms with van der Waals surface area (Å²) in [4.78, 5) is 0.198. The molecule has 19 heavy (non-hydrogen) atoms. The van der Waals surface area contributed by atoms with Crippen molar-refractivity contribution in [1.29, 1.82) is 0 Å². The van der Waals surface area contributed by atoms with E-state index in [-0.39, 0.29) is 17.5 Å². The van der Waals surface area contributed by atoms with Gasteiger partial charge in [-0.1, -0.05) is 0 Å². The molecule has 0 amide bonds. The summed E-state index contributed by atoms with van der Waals surface area (Å²) in [7, 11) is -2.01. The van der Waals surface area contributed by atoms with E-state index in [9.17, 15) is 8.42 Å². The zero-order valence-electron chi connectivity index (χ0n) is 10.8. The first-order valence-electron chi connectivity index (χ1n) is 6.05. The van der Waals surface area contributed by atoms with Crippen LogP contribution in [0.4, 0.5) is 0 Å². The van der Waals surface area contributed by atoms with E-state index in [1.807, 2.05) is 0 Å². The van der Waals surface area contributed by atoms with Gasteiger partial charge in [-0.3, -0.25) is 0 Å². The summed E-state index contributed by atoms with van der Waals surface area (Å²) in [6.45, 7) is 1.12. The topological polar surface area (TPSA) is 90.7 Å². The summed E-state index contributed by atoms with van der Waals surface area (Å²) in [5.41, 5.74) is 6.70. The second kappa shape index (κ2) is 5.87. The van der Waals surface area contributed by atoms with Crippen molar-refractivity contribution in [2.75, 3.05) is 26.9 Å². The summed E-state index contributed by atoms with van der Waals surface area (Å²) in [6.07, 6.45) is 0.688. The van der Waals surface area contributed by atoms with Gasteiger partial charge in [0.1, 0.15) is 5.75 Å². The standard InChI is InChI=1S/C12H18N2O4S/c1-17-7-5-14-19(15,16)9-2-3-12-10(8-9)11(13)4-6-18-12/h2-3,8,11,14H,4-7,13H2,1H3. The minimum atomic E-state index is -3.53. The van der Waals surface area contributed by atoms with Crippen molar-refractivity contribution in [3.63, 3.8) is 0 Å². The van der Waals surface area contributed by atoms with Crippen LogP contribution in [0.3, 0.4) is 0 Å². The van der Waals surface area contributed by atoms with Crippen LogP contribution in [0, 0.1) is 0 Å². The molecule has 7 heteroatoms. The summed E-state index contributed by atoms with van der Waals surface area (Å²) in [5.74, 6) is 0.662. The van der Waals surface area contributed by atoms with Gasteiger partial charge in [-0.15, -0.1) is 0 Å². The molecule has 0 bridgehead atoms. The Morgan fingerprint density at radius 3 is 3.05 bits per heavy atom. The van der Waals surface area contributed by atoms with Gasteiger partial charge < -0.3 is 15.2 Å². The number of hydrogen-bond donors (Lipinski definition) is 2. The lowest BCUT2D eigenvalue weighted by atomic mass is 10.0. The molecule has 1 unspecified atom stereocenters. The predicted molar refractivity (Wildman–Crippen MR) is 70.5 cm³/mol. The highest BCUT2D eigenvalue weighted by atomic mass is 32.2. The number of nitrogens with one attached hydrogen (secondary N) is 1. The fraction of sp³-hybridized carbons (Fsp3) is 0.500. The molecular formula is C12H18N2O4S. The molecule has 2 rings (SSSR count). The number of rotatable bonds is 5. The molecule has 1 aliphatic rings. The first kappa shape index (κ1) is 14.3. The van der Waals surface area contributed by atoms with E-state index in [2.05, 4.69) is 4.72 Å². The van der Waals surface area contributed by atoms with Gasteiger partial charge in [0, 0.05) is 31.7 Å². The molecule has 0 saturated heterocycles. The maximum Gasteiger partial charge on any atom is 0.240 e. The fourth-order valence-electron chi connectivity index (χ4n) is 1.93. The van der Waals surface area contributed by atoms with Crippen LogP contribution in [0.25, 0.3) is 0 Å². The van der Waals surface area contributed by atoms with Gasteiger partial charge >= 0.3 is 0 Å². The Bertz CT molecular complexity index is 545. The quantitative estimate of drug-likeness (QED) is 0.764. The van der Waals surface area contributed by atoms with Gasteiger partial charge in [-0.25, -0.2) is 13.1 Å². The third-order valence-electron chi connectivity index (χ3n) is 2.98. The van der Waals surface area contributed by atoms with Crippen molar-refractivity contribution in [3.05, 3.63) is 23.8 Å². The minimum Gasteiger partial charge on any atom is -0.493 e. The molecule has 3 N–H and O–H groups in total. The van der Waals surface area contributed by atoms with Gasteiger partial charge in [-0.2, -0.15) is 0 Å². The van der Waals surface area contributed by atoms with Gasteiger partial charge in [0.05, 0.1) is 18.1 Å². The number of nitrogens with two attached hydrogens (primary N) is 1. The van der Waals surface area contributed by atoms with Gasteiger partial charge in [0.2, 0.25) is 10.0 Å². The molecule has 0 fully saturated rings. The average Bonchev–Trinajstić information content (AvgIpc) is 2.39. The molecule has 106 valence electrons. The van der Waals surface area contributed by atoms with E-state index >= 15 is 0 Å². The number of fused-ring (bicyclic) bond motifs is 1. The molecule has 1 aromatic rings. The molecule has 6 nitrogen and oxygen atoms in total. The van der Waals surface area contributed by atoms with Crippen LogP contribution in [0.1, 0.15) is 18.0 Å². The van der Waals surface area contributed by atoms with E-state index in [1.165, 1.54) is 13.2 Å². The highest BCUT2D eigenvalue weighted by Gasteiger charge is 2.22. The van der Waals surface area contributed by atoms with Crippen molar-refractivity contribution >= 4 is 10.0 Å². The number of hydrogen-bond acceptors (Lipinski definition) is 5. The Hall–Kier alpha value is -1.15. The maximum atomic E-state index is 12.1. The molecule has 1 atom stereocenters. The molecule has 1 aromatic carbocycles. The zero-order chi connectivity index (χ0) is 13.9. The van der Waals surface area contributed by atoms with E-state index in [0.717, 1.165) is 5.56 Å². The normalized spacial score (nSPS) is 18.7. The van der Waals surface area contributed by atoms with Crippen LogP contribution in [-0.4, -0.2) is 35.3 Å². The molecule has 0 spiro atoms. The third-order valence-corrected chi connectivity index (χ3v) is 4.43. The monoisotopic (exact) mass is 286 g/mol. The van der Waals surface area contributed by atoms with Crippen molar-refractivity contribution in [2.45, 2.75) is 17.4 Å². The Morgan fingerprint density at radius 1 is 1.53 bits per heavy atom. The smallest absolute Gasteiger partial charge is 0.240 e. The lowest BCUT2D eigenvalue weighted by Gasteiger charge is -2.23. The summed E-state index contributed by atoms with van der Waals surface area (Å²) < 4.78 is 36.8. The second-order valence-corrected chi connectivity index (χ2v) is 6.10. The molecule has 0 aliphatic carbocycles. The Kier molecular flexibility index (Phi) is 4.41. The highest BCUT2D eigenvalue weighted by Crippen LogP contribution is 2.32. The van der Waals surface area contributed by atoms with Crippen molar-refractivity contribution < 1.29 is 17.9 Å². The zero-order valence-corrected chi connectivity index (χ0v) is 11.6. The SMILES string of the molecule is COCCNS(=O)(=O)c1ccc2c(c1)C(N)CCO2. The molecule has 1 aliphatic heterocycles. The van der Waals surface area contributed by atoms with Crippen LogP contribution in [0.15, 0.2) is 23.1 Å². The van der Waals surface area contributed by atoms with Crippen molar-refractivity contribution in [1.82, 2.24) is 4.72 Å². The first-order valence-corrected chi connectivity index (χ1v) is 7.54. The largest absolute Gasteiger partial charge is 0.493 e. The van der Waals surface area contributed by atoms with Crippen molar-refractivity contribution in [3.8, 4) is 5.75 Å². The second-order valence-electron chi connectivity index (χ2n) is 4.33. The minimum absolute atomic E-state index is 0.183. The molecule has 0 aromatic heterocycles. The predicted octanol–water partition coefficient (Wildman–Crippen LogP) is 0.394. The van der Waals surface area contributed by atoms with E-state index in [4.69, 9.17) is 15.2 Å². The third kappa shape index (κ3) is 3.24. The maximum absolute atomic E-state index is 12.1. The van der Waals surface area contributed by atoms with Crippen LogP contribution >= 0.6 is 0 Å². The number of sulfonamides is 1. The van der Waals surface area contributed by atoms with Gasteiger partial charge in [0.15, 0.2) is 0 Å². The van der Waals surface area contributed by atoms with Crippen molar-refractivity contribution in [2.24, 2.45) is 5.73 Å². The fourth-order valence-corrected chi connectivity index (χ4v) is 2.98. The Labute approximate surface area is 112 Å². The summed E-state index contributed by atoms with van der Waals surface area (Å²) >= 11 is 0. The summed E-state index contributed by atoms with van der Waals surface area (Å²) in [5, 5.41) is 0. The summed E-state index contributed by atoms with van der Waals surface area (Å²) in [6, 6.07) is 4.57. The van der Waals surface area contributed by atoms with Crippen LogP contribution in [0.2, 0.25) is 0 Å². The molecule has 0 radical (unpaired) electrons. The molecule has 1 heterocycles. The number of ether oxygens (including phenoxy) is 2. The number of benzene rings is 1. The van der Waals surface area contributed by atoms with Gasteiger partial charge in [-0.05, 0) is 18.2 Å². The van der Waals surface area contributed by atoms with Gasteiger partial charge in [0.25, 0.3) is 0 Å². The lowest BCUT2D eigenvalue weighted by molar-refractivity contribution is 0.204.